The van der Waals surface area contributed by atoms with E-state index in [2.05, 4.69) is 10.3 Å². The molecule has 0 aliphatic carbocycles. The summed E-state index contributed by atoms with van der Waals surface area (Å²) in [6.45, 7) is 1.68. The minimum absolute atomic E-state index is 0.286. The van der Waals surface area contributed by atoms with Gasteiger partial charge in [-0.15, -0.1) is 0 Å². The number of aromatic hydroxyl groups is 1. The smallest absolute Gasteiger partial charge is 0.267 e. The summed E-state index contributed by atoms with van der Waals surface area (Å²) >= 11 is 0. The number of para-hydroxylation sites is 1. The number of hydrogen-bond acceptors (Lipinski definition) is 4. The number of aromatic nitrogens is 2. The quantitative estimate of drug-likeness (QED) is 0.760. The third-order valence-electron chi connectivity index (χ3n) is 3.72. The first-order valence-electron chi connectivity index (χ1n) is 7.03. The van der Waals surface area contributed by atoms with Crippen LogP contribution in [0.15, 0.2) is 47.4 Å². The van der Waals surface area contributed by atoms with Gasteiger partial charge in [0.05, 0.1) is 17.4 Å². The van der Waals surface area contributed by atoms with Crippen molar-refractivity contribution in [3.05, 3.63) is 64.2 Å². The zero-order valence-corrected chi connectivity index (χ0v) is 12.7. The van der Waals surface area contributed by atoms with Crippen LogP contribution < -0.4 is 10.9 Å². The fourth-order valence-corrected chi connectivity index (χ4v) is 2.35. The zero-order valence-electron chi connectivity index (χ0n) is 12.7. The Hall–Kier alpha value is -3.15. The molecule has 0 fully saturated rings. The summed E-state index contributed by atoms with van der Waals surface area (Å²) in [5.41, 5.74) is 0.992. The predicted octanol–water partition coefficient (Wildman–Crippen LogP) is 2.20. The van der Waals surface area contributed by atoms with Crippen molar-refractivity contribution >= 4 is 22.5 Å². The second kappa shape index (κ2) is 5.57. The van der Waals surface area contributed by atoms with Gasteiger partial charge in [-0.1, -0.05) is 18.2 Å². The van der Waals surface area contributed by atoms with Crippen LogP contribution in [0, 0.1) is 6.92 Å². The zero-order chi connectivity index (χ0) is 16.6. The Bertz CT molecular complexity index is 976. The van der Waals surface area contributed by atoms with E-state index in [-0.39, 0.29) is 11.3 Å². The lowest BCUT2D eigenvalue weighted by Crippen LogP contribution is -2.28. The maximum atomic E-state index is 12.3. The molecule has 0 atom stereocenters. The van der Waals surface area contributed by atoms with Crippen molar-refractivity contribution < 1.29 is 9.90 Å². The van der Waals surface area contributed by atoms with Gasteiger partial charge in [0, 0.05) is 24.2 Å². The Morgan fingerprint density at radius 2 is 2.00 bits per heavy atom. The van der Waals surface area contributed by atoms with E-state index in [4.69, 9.17) is 0 Å². The van der Waals surface area contributed by atoms with Gasteiger partial charge in [0.1, 0.15) is 11.3 Å². The van der Waals surface area contributed by atoms with E-state index in [1.54, 1.807) is 20.0 Å². The number of carbonyl (C=O) groups excluding carboxylic acids is 1. The van der Waals surface area contributed by atoms with Crippen LogP contribution in [0.3, 0.4) is 0 Å². The highest BCUT2D eigenvalue weighted by Gasteiger charge is 2.18. The minimum atomic E-state index is -0.666. The third kappa shape index (κ3) is 2.66. The van der Waals surface area contributed by atoms with Crippen LogP contribution >= 0.6 is 0 Å². The molecule has 0 saturated heterocycles. The number of pyridine rings is 2. The summed E-state index contributed by atoms with van der Waals surface area (Å²) < 4.78 is 1.31. The number of carbonyl (C=O) groups is 1. The Morgan fingerprint density at radius 3 is 2.78 bits per heavy atom. The van der Waals surface area contributed by atoms with Crippen LogP contribution in [0.25, 0.3) is 10.9 Å². The van der Waals surface area contributed by atoms with E-state index in [0.717, 1.165) is 10.9 Å². The highest BCUT2D eigenvalue weighted by molar-refractivity contribution is 6.06. The summed E-state index contributed by atoms with van der Waals surface area (Å²) in [4.78, 5) is 28.8. The van der Waals surface area contributed by atoms with E-state index < -0.39 is 11.5 Å². The van der Waals surface area contributed by atoms with Crippen LogP contribution in [-0.4, -0.2) is 20.6 Å². The minimum Gasteiger partial charge on any atom is -0.507 e. The summed E-state index contributed by atoms with van der Waals surface area (Å²) in [6.07, 6.45) is 1.51. The van der Waals surface area contributed by atoms with E-state index >= 15 is 0 Å². The van der Waals surface area contributed by atoms with E-state index in [1.807, 2.05) is 24.3 Å². The third-order valence-corrected chi connectivity index (χ3v) is 3.72. The molecule has 0 unspecified atom stereocenters. The van der Waals surface area contributed by atoms with Crippen molar-refractivity contribution in [2.45, 2.75) is 6.92 Å². The van der Waals surface area contributed by atoms with Gasteiger partial charge in [0.25, 0.3) is 11.5 Å². The molecule has 23 heavy (non-hydrogen) atoms. The van der Waals surface area contributed by atoms with Crippen molar-refractivity contribution in [3.63, 3.8) is 0 Å². The van der Waals surface area contributed by atoms with Crippen LogP contribution in [0.1, 0.15) is 16.1 Å². The monoisotopic (exact) mass is 309 g/mol. The van der Waals surface area contributed by atoms with Crippen molar-refractivity contribution in [3.8, 4) is 5.75 Å². The number of amides is 1. The van der Waals surface area contributed by atoms with Crippen LogP contribution in [-0.2, 0) is 7.05 Å². The molecule has 1 aromatic carbocycles. The highest BCUT2D eigenvalue weighted by atomic mass is 16.3. The van der Waals surface area contributed by atoms with E-state index in [9.17, 15) is 14.7 Å². The number of anilines is 1. The maximum Gasteiger partial charge on any atom is 0.267 e. The van der Waals surface area contributed by atoms with Gasteiger partial charge in [0.15, 0.2) is 0 Å². The molecule has 6 nitrogen and oxygen atoms in total. The van der Waals surface area contributed by atoms with Gasteiger partial charge in [-0.2, -0.15) is 0 Å². The second-order valence-corrected chi connectivity index (χ2v) is 5.28. The molecule has 2 N–H and O–H groups in total. The van der Waals surface area contributed by atoms with Gasteiger partial charge in [0.2, 0.25) is 0 Å². The highest BCUT2D eigenvalue weighted by Crippen LogP contribution is 2.19. The van der Waals surface area contributed by atoms with Crippen molar-refractivity contribution in [1.29, 1.82) is 0 Å². The molecule has 0 aliphatic rings. The maximum absolute atomic E-state index is 12.3. The lowest BCUT2D eigenvalue weighted by molar-refractivity contribution is 0.102. The van der Waals surface area contributed by atoms with E-state index in [0.29, 0.717) is 11.4 Å². The molecule has 0 spiro atoms. The molecule has 1 amide bonds. The average Bonchev–Trinajstić information content (AvgIpc) is 2.52. The van der Waals surface area contributed by atoms with Crippen LogP contribution in [0.4, 0.5) is 5.69 Å². The lowest BCUT2D eigenvalue weighted by atomic mass is 10.2. The Balaban J connectivity index is 1.98. The van der Waals surface area contributed by atoms with Gasteiger partial charge < -0.3 is 15.0 Å². The van der Waals surface area contributed by atoms with Crippen LogP contribution in [0.5, 0.6) is 5.75 Å². The molecule has 3 aromatic rings. The summed E-state index contributed by atoms with van der Waals surface area (Å²) in [6, 6.07) is 10.6. The number of fused-ring (bicyclic) bond motifs is 1. The largest absolute Gasteiger partial charge is 0.507 e. The fourth-order valence-electron chi connectivity index (χ4n) is 2.35. The first-order valence-corrected chi connectivity index (χ1v) is 7.03. The summed E-state index contributed by atoms with van der Waals surface area (Å²) in [5.74, 6) is -1.00. The first kappa shape index (κ1) is 14.8. The number of nitrogens with one attached hydrogen (secondary N) is 1. The normalized spacial score (nSPS) is 10.7. The number of rotatable bonds is 2. The van der Waals surface area contributed by atoms with Gasteiger partial charge in [-0.05, 0) is 19.1 Å². The number of hydrogen-bond donors (Lipinski definition) is 2. The number of benzene rings is 1. The van der Waals surface area contributed by atoms with Crippen LogP contribution in [0.2, 0.25) is 0 Å². The predicted molar refractivity (Wildman–Crippen MR) is 87.8 cm³/mol. The standard InChI is InChI=1S/C17H15N3O3/c1-10-7-14(21)15(17(23)20(10)2)16(22)19-12-8-11-5-3-4-6-13(11)18-9-12/h3-9,21H,1-2H3,(H,19,22). The topological polar surface area (TPSA) is 84.2 Å². The molecule has 2 heterocycles. The second-order valence-electron chi connectivity index (χ2n) is 5.28. The number of nitrogens with zero attached hydrogens (tertiary/aromatic N) is 2. The summed E-state index contributed by atoms with van der Waals surface area (Å²) in [5, 5.41) is 13.4. The lowest BCUT2D eigenvalue weighted by Gasteiger charge is -2.10. The molecule has 3 rings (SSSR count). The van der Waals surface area contributed by atoms with Gasteiger partial charge >= 0.3 is 0 Å². The molecule has 0 saturated carbocycles. The first-order chi connectivity index (χ1) is 11.0. The summed E-state index contributed by atoms with van der Waals surface area (Å²) in [7, 11) is 1.55. The van der Waals surface area contributed by atoms with Crippen molar-refractivity contribution in [1.82, 2.24) is 9.55 Å². The van der Waals surface area contributed by atoms with Gasteiger partial charge in [-0.25, -0.2) is 0 Å². The molecule has 0 bridgehead atoms. The molecule has 116 valence electrons. The Morgan fingerprint density at radius 1 is 1.26 bits per heavy atom. The van der Waals surface area contributed by atoms with E-state index in [1.165, 1.54) is 16.8 Å². The Kier molecular flexibility index (Phi) is 3.57. The molecular weight excluding hydrogens is 294 g/mol. The van der Waals surface area contributed by atoms with Crippen molar-refractivity contribution in [2.24, 2.45) is 7.05 Å². The molecule has 0 radical (unpaired) electrons. The molecule has 0 aliphatic heterocycles. The molecular formula is C17H15N3O3. The molecule has 6 heteroatoms. The Labute approximate surface area is 132 Å². The average molecular weight is 309 g/mol. The van der Waals surface area contributed by atoms with Crippen molar-refractivity contribution in [2.75, 3.05) is 5.32 Å². The SMILES string of the molecule is Cc1cc(O)c(C(=O)Nc2cnc3ccccc3c2)c(=O)n1C. The fraction of sp³-hybridized carbons (Fsp3) is 0.118. The molecule has 2 aromatic heterocycles. The number of aryl methyl sites for hydroxylation is 1. The van der Waals surface area contributed by atoms with Gasteiger partial charge in [-0.3, -0.25) is 14.6 Å².